The second-order valence-electron chi connectivity index (χ2n) is 6.19. The summed E-state index contributed by atoms with van der Waals surface area (Å²) in [4.78, 5) is 0. The van der Waals surface area contributed by atoms with E-state index in [1.54, 1.807) is 0 Å². The van der Waals surface area contributed by atoms with Crippen LogP contribution >= 0.6 is 0 Å². The van der Waals surface area contributed by atoms with Crippen molar-refractivity contribution in [3.05, 3.63) is 109 Å². The molecule has 0 saturated heterocycles. The molecule has 0 unspecified atom stereocenters. The third-order valence-corrected chi connectivity index (χ3v) is 4.55. The summed E-state index contributed by atoms with van der Waals surface area (Å²) >= 11 is 0. The summed E-state index contributed by atoms with van der Waals surface area (Å²) < 4.78 is 0. The van der Waals surface area contributed by atoms with E-state index >= 15 is 0 Å². The zero-order valence-electron chi connectivity index (χ0n) is 14.4. The maximum Gasteiger partial charge on any atom is 0.0333 e. The van der Waals surface area contributed by atoms with Gasteiger partial charge in [0.1, 0.15) is 0 Å². The monoisotopic (exact) mass is 330 g/mol. The predicted molar refractivity (Wildman–Crippen MR) is 111 cm³/mol. The molecule has 0 nitrogen and oxygen atoms in total. The van der Waals surface area contributed by atoms with Crippen molar-refractivity contribution in [3.8, 4) is 45.7 Å². The van der Waals surface area contributed by atoms with E-state index in [1.807, 2.05) is 18.2 Å². The van der Waals surface area contributed by atoms with Crippen LogP contribution < -0.4 is 0 Å². The molecule has 0 N–H and O–H groups in total. The minimum absolute atomic E-state index is 0.913. The first-order valence-electron chi connectivity index (χ1n) is 8.68. The van der Waals surface area contributed by atoms with Crippen molar-refractivity contribution in [1.82, 2.24) is 0 Å². The van der Waals surface area contributed by atoms with Crippen molar-refractivity contribution < 1.29 is 0 Å². The van der Waals surface area contributed by atoms with Crippen molar-refractivity contribution in [2.75, 3.05) is 0 Å². The summed E-state index contributed by atoms with van der Waals surface area (Å²) in [6.45, 7) is 0. The average Bonchev–Trinajstić information content (AvgIpc) is 2.74. The highest BCUT2D eigenvalue weighted by Crippen LogP contribution is 2.38. The maximum atomic E-state index is 5.93. The molecule has 0 heterocycles. The number of benzene rings is 4. The van der Waals surface area contributed by atoms with Crippen LogP contribution in [0, 0.1) is 12.3 Å². The molecule has 4 rings (SSSR count). The van der Waals surface area contributed by atoms with E-state index in [-0.39, 0.29) is 0 Å². The number of hydrogen-bond acceptors (Lipinski definition) is 0. The van der Waals surface area contributed by atoms with E-state index < -0.39 is 0 Å². The third kappa shape index (κ3) is 3.04. The highest BCUT2D eigenvalue weighted by Gasteiger charge is 2.14. The van der Waals surface area contributed by atoms with E-state index in [0.29, 0.717) is 0 Å². The lowest BCUT2D eigenvalue weighted by Crippen LogP contribution is -1.92. The molecule has 0 fully saturated rings. The highest BCUT2D eigenvalue weighted by molar-refractivity contribution is 5.91. The van der Waals surface area contributed by atoms with Crippen LogP contribution in [-0.2, 0) is 0 Å². The fourth-order valence-corrected chi connectivity index (χ4v) is 3.31. The van der Waals surface area contributed by atoms with Crippen molar-refractivity contribution >= 4 is 0 Å². The van der Waals surface area contributed by atoms with Gasteiger partial charge >= 0.3 is 0 Å². The molecule has 0 aliphatic carbocycles. The van der Waals surface area contributed by atoms with Gasteiger partial charge < -0.3 is 0 Å². The van der Waals surface area contributed by atoms with Crippen molar-refractivity contribution in [2.24, 2.45) is 0 Å². The molecule has 4 aromatic rings. The first kappa shape index (κ1) is 15.9. The van der Waals surface area contributed by atoms with Gasteiger partial charge in [-0.25, -0.2) is 0 Å². The second-order valence-corrected chi connectivity index (χ2v) is 6.19. The Morgan fingerprint density at radius 3 is 1.54 bits per heavy atom. The fraction of sp³-hybridized carbons (Fsp3) is 0. The van der Waals surface area contributed by atoms with Gasteiger partial charge in [0.2, 0.25) is 0 Å². The Balaban J connectivity index is 2.04. The number of terminal acetylenes is 1. The van der Waals surface area contributed by atoms with Gasteiger partial charge in [-0.05, 0) is 39.9 Å². The van der Waals surface area contributed by atoms with Gasteiger partial charge in [-0.1, -0.05) is 96.9 Å². The van der Waals surface area contributed by atoms with Crippen LogP contribution in [0.1, 0.15) is 5.56 Å². The van der Waals surface area contributed by atoms with Gasteiger partial charge in [0.15, 0.2) is 0 Å². The Hall–Kier alpha value is -3.56. The molecule has 0 radical (unpaired) electrons. The van der Waals surface area contributed by atoms with Crippen LogP contribution in [0.4, 0.5) is 0 Å². The third-order valence-electron chi connectivity index (χ3n) is 4.55. The van der Waals surface area contributed by atoms with Gasteiger partial charge in [0.05, 0.1) is 0 Å². The van der Waals surface area contributed by atoms with E-state index in [1.165, 1.54) is 11.1 Å². The molecule has 0 aliphatic heterocycles. The van der Waals surface area contributed by atoms with Gasteiger partial charge in [0, 0.05) is 11.1 Å². The predicted octanol–water partition coefficient (Wildman–Crippen LogP) is 6.67. The quantitative estimate of drug-likeness (QED) is 0.368. The summed E-state index contributed by atoms with van der Waals surface area (Å²) in [5, 5.41) is 0. The largest absolute Gasteiger partial charge is 0.115 e. The summed E-state index contributed by atoms with van der Waals surface area (Å²) in [7, 11) is 0. The molecule has 0 bridgehead atoms. The minimum Gasteiger partial charge on any atom is -0.115 e. The molecule has 0 aromatic heterocycles. The Bertz CT molecular complexity index is 1050. The van der Waals surface area contributed by atoms with Gasteiger partial charge in [-0.15, -0.1) is 6.42 Å². The lowest BCUT2D eigenvalue weighted by molar-refractivity contribution is 1.54. The van der Waals surface area contributed by atoms with Crippen LogP contribution in [0.25, 0.3) is 33.4 Å². The zero-order chi connectivity index (χ0) is 17.8. The topological polar surface area (TPSA) is 0 Å². The van der Waals surface area contributed by atoms with Gasteiger partial charge in [-0.2, -0.15) is 0 Å². The Morgan fingerprint density at radius 2 is 1.00 bits per heavy atom. The van der Waals surface area contributed by atoms with Crippen molar-refractivity contribution in [3.63, 3.8) is 0 Å². The van der Waals surface area contributed by atoms with Crippen LogP contribution in [0.15, 0.2) is 103 Å². The summed E-state index contributed by atoms with van der Waals surface area (Å²) in [6.07, 6.45) is 5.93. The smallest absolute Gasteiger partial charge is 0.0333 e. The van der Waals surface area contributed by atoms with Crippen LogP contribution in [-0.4, -0.2) is 0 Å². The molecule has 4 aromatic carbocycles. The summed E-state index contributed by atoms with van der Waals surface area (Å²) in [6, 6.07) is 35.5. The maximum absolute atomic E-state index is 5.93. The van der Waals surface area contributed by atoms with Crippen molar-refractivity contribution in [1.29, 1.82) is 0 Å². The minimum atomic E-state index is 0.913. The van der Waals surface area contributed by atoms with Crippen LogP contribution in [0.5, 0.6) is 0 Å². The summed E-state index contributed by atoms with van der Waals surface area (Å²) in [5.74, 6) is 2.91. The standard InChI is InChI=1S/C26H18/c1-2-20-18-24(21-12-6-3-7-13-21)19-25(22-14-8-4-9-15-22)26(20)23-16-10-5-11-17-23/h1,3-19H. The molecule has 0 heteroatoms. The Kier molecular flexibility index (Phi) is 4.37. The molecule has 122 valence electrons. The number of hydrogen-bond donors (Lipinski definition) is 0. The second kappa shape index (κ2) is 7.13. The lowest BCUT2D eigenvalue weighted by Gasteiger charge is -2.16. The van der Waals surface area contributed by atoms with Crippen LogP contribution in [0.3, 0.4) is 0 Å². The SMILES string of the molecule is C#Cc1cc(-c2ccccc2)cc(-c2ccccc2)c1-c1ccccc1. The van der Waals surface area contributed by atoms with E-state index in [2.05, 4.69) is 90.8 Å². The van der Waals surface area contributed by atoms with Gasteiger partial charge in [-0.3, -0.25) is 0 Å². The highest BCUT2D eigenvalue weighted by atomic mass is 14.2. The van der Waals surface area contributed by atoms with E-state index in [9.17, 15) is 0 Å². The first-order chi connectivity index (χ1) is 12.9. The molecule has 26 heavy (non-hydrogen) atoms. The Morgan fingerprint density at radius 1 is 0.500 bits per heavy atom. The van der Waals surface area contributed by atoms with Gasteiger partial charge in [0.25, 0.3) is 0 Å². The first-order valence-corrected chi connectivity index (χ1v) is 8.68. The average molecular weight is 330 g/mol. The van der Waals surface area contributed by atoms with E-state index in [4.69, 9.17) is 6.42 Å². The molecule has 0 atom stereocenters. The Labute approximate surface area is 154 Å². The van der Waals surface area contributed by atoms with Crippen molar-refractivity contribution in [2.45, 2.75) is 0 Å². The molecular weight excluding hydrogens is 312 g/mol. The molecule has 0 aliphatic rings. The van der Waals surface area contributed by atoms with E-state index in [0.717, 1.165) is 27.8 Å². The van der Waals surface area contributed by atoms with Crippen LogP contribution in [0.2, 0.25) is 0 Å². The molecular formula is C26H18. The normalized spacial score (nSPS) is 10.3. The fourth-order valence-electron chi connectivity index (χ4n) is 3.31. The molecule has 0 saturated carbocycles. The summed E-state index contributed by atoms with van der Waals surface area (Å²) in [5.41, 5.74) is 7.79. The lowest BCUT2D eigenvalue weighted by atomic mass is 9.87. The zero-order valence-corrected chi connectivity index (χ0v) is 14.4. The number of rotatable bonds is 3. The molecule has 0 amide bonds. The molecule has 0 spiro atoms.